The van der Waals surface area contributed by atoms with E-state index in [2.05, 4.69) is 10.3 Å². The fraction of sp³-hybridized carbons (Fsp3) is 0.250. The molecular formula is C40H35F2N5O8. The van der Waals surface area contributed by atoms with Gasteiger partial charge in [-0.1, -0.05) is 18.2 Å². The van der Waals surface area contributed by atoms with Crippen LogP contribution >= 0.6 is 0 Å². The Balaban J connectivity index is 1.06. The van der Waals surface area contributed by atoms with Crippen molar-refractivity contribution < 1.29 is 42.1 Å². The van der Waals surface area contributed by atoms with Crippen LogP contribution in [0.4, 0.5) is 20.3 Å². The molecule has 2 saturated heterocycles. The van der Waals surface area contributed by atoms with E-state index in [1.165, 1.54) is 59.2 Å². The first-order valence-electron chi connectivity index (χ1n) is 17.5. The lowest BCUT2D eigenvalue weighted by Crippen LogP contribution is -2.46. The number of nitrogens with zero attached hydrogens (tertiary/aromatic N) is 3. The molecule has 2 fully saturated rings. The number of aromatic nitrogens is 2. The van der Waals surface area contributed by atoms with Crippen molar-refractivity contribution in [1.82, 2.24) is 14.5 Å². The number of benzene rings is 3. The van der Waals surface area contributed by atoms with Crippen LogP contribution in [-0.2, 0) is 20.8 Å². The fourth-order valence-electron chi connectivity index (χ4n) is 6.93. The predicted octanol–water partition coefficient (Wildman–Crippen LogP) is 4.97. The van der Waals surface area contributed by atoms with Gasteiger partial charge in [0.1, 0.15) is 41.4 Å². The molecule has 0 saturated carbocycles. The zero-order valence-corrected chi connectivity index (χ0v) is 29.6. The maximum atomic E-state index is 15.9. The number of ether oxygens (including phenoxy) is 5. The molecule has 13 nitrogen and oxygen atoms in total. The van der Waals surface area contributed by atoms with Crippen molar-refractivity contribution in [3.8, 4) is 44.9 Å². The van der Waals surface area contributed by atoms with Gasteiger partial charge in [0.25, 0.3) is 11.8 Å². The number of nitrogens with two attached hydrogens (primary N) is 1. The van der Waals surface area contributed by atoms with E-state index in [0.29, 0.717) is 61.2 Å². The standard InChI is InChI=1S/C40H35F2N5O8/c1-51-33-15-23(4-9-32(33)55-21-27-20-52-12-13-53-27)24-14-29(38(43)44-17-24)28-8-7-26(16-31(28)42)45-39(49)30-18-46-19-34-47(10-11-54-34)40(50)36(46)35(37(30)48)22-2-5-25(41)6-3-22/h2-9,14-18,27,34H,10-13,19-21H2,1H3,(H2,43,44)(H,45,49). The number of hydrogen-bond donors (Lipinski definition) is 2. The molecule has 5 aromatic rings. The average molecular weight is 752 g/mol. The molecule has 15 heteroatoms. The van der Waals surface area contributed by atoms with E-state index in [9.17, 15) is 18.8 Å². The SMILES string of the molecule is COc1cc(-c2cnc(N)c(-c3ccc(NC(=O)c4cn5c(c(-c6ccc(F)cc6)c4=O)C(=O)N4CCOC4C5)cc3F)c2)ccc1OCC1COCCO1. The van der Waals surface area contributed by atoms with Crippen molar-refractivity contribution in [1.29, 1.82) is 0 Å². The summed E-state index contributed by atoms with van der Waals surface area (Å²) in [5.41, 5.74) is 7.33. The quantitative estimate of drug-likeness (QED) is 0.211. The molecule has 3 N–H and O–H groups in total. The number of fused-ring (bicyclic) bond motifs is 2. The summed E-state index contributed by atoms with van der Waals surface area (Å²) < 4.78 is 59.5. The number of methoxy groups -OCH3 is 1. The first-order chi connectivity index (χ1) is 26.7. The van der Waals surface area contributed by atoms with Crippen molar-refractivity contribution in [2.75, 3.05) is 57.7 Å². The molecule has 5 heterocycles. The summed E-state index contributed by atoms with van der Waals surface area (Å²) in [5, 5.41) is 2.61. The van der Waals surface area contributed by atoms with E-state index in [1.54, 1.807) is 24.4 Å². The monoisotopic (exact) mass is 751 g/mol. The maximum Gasteiger partial charge on any atom is 0.273 e. The molecular weight excluding hydrogens is 716 g/mol. The van der Waals surface area contributed by atoms with Crippen molar-refractivity contribution in [2.45, 2.75) is 18.9 Å². The maximum absolute atomic E-state index is 15.9. The van der Waals surface area contributed by atoms with Crippen LogP contribution in [0, 0.1) is 11.6 Å². The highest BCUT2D eigenvalue weighted by Crippen LogP contribution is 2.37. The van der Waals surface area contributed by atoms with Crippen molar-refractivity contribution >= 4 is 23.3 Å². The van der Waals surface area contributed by atoms with Gasteiger partial charge in [0.2, 0.25) is 5.43 Å². The van der Waals surface area contributed by atoms with Gasteiger partial charge in [0.05, 0.1) is 45.6 Å². The summed E-state index contributed by atoms with van der Waals surface area (Å²) in [6, 6.07) is 16.2. The van der Waals surface area contributed by atoms with Gasteiger partial charge in [-0.25, -0.2) is 13.8 Å². The van der Waals surface area contributed by atoms with Crippen molar-refractivity contribution in [3.63, 3.8) is 0 Å². The molecule has 0 radical (unpaired) electrons. The molecule has 3 aliphatic heterocycles. The van der Waals surface area contributed by atoms with E-state index in [4.69, 9.17) is 29.4 Å². The normalized spacial score (nSPS) is 17.7. The molecule has 0 aliphatic carbocycles. The topological polar surface area (TPSA) is 156 Å². The number of hydrogen-bond acceptors (Lipinski definition) is 10. The first-order valence-corrected chi connectivity index (χ1v) is 17.5. The highest BCUT2D eigenvalue weighted by Gasteiger charge is 2.39. The van der Waals surface area contributed by atoms with E-state index in [-0.39, 0.29) is 58.7 Å². The number of carbonyl (C=O) groups excluding carboxylic acids is 2. The van der Waals surface area contributed by atoms with Crippen molar-refractivity contribution in [3.05, 3.63) is 112 Å². The minimum absolute atomic E-state index is 0.0451. The molecule has 282 valence electrons. The zero-order valence-electron chi connectivity index (χ0n) is 29.6. The lowest BCUT2D eigenvalue weighted by Gasteiger charge is -2.32. The summed E-state index contributed by atoms with van der Waals surface area (Å²) in [7, 11) is 1.53. The van der Waals surface area contributed by atoms with Crippen LogP contribution in [0.5, 0.6) is 11.5 Å². The summed E-state index contributed by atoms with van der Waals surface area (Å²) in [6.07, 6.45) is 2.10. The van der Waals surface area contributed by atoms with Crippen LogP contribution in [0.25, 0.3) is 33.4 Å². The van der Waals surface area contributed by atoms with Crippen LogP contribution in [0.1, 0.15) is 20.8 Å². The highest BCUT2D eigenvalue weighted by molar-refractivity contribution is 6.07. The second-order valence-corrected chi connectivity index (χ2v) is 13.1. The van der Waals surface area contributed by atoms with Crippen LogP contribution in [-0.4, -0.2) is 85.3 Å². The van der Waals surface area contributed by atoms with Crippen LogP contribution in [0.3, 0.4) is 0 Å². The third-order valence-electron chi connectivity index (χ3n) is 9.71. The Morgan fingerprint density at radius 2 is 1.76 bits per heavy atom. The van der Waals surface area contributed by atoms with Gasteiger partial charge in [0.15, 0.2) is 17.7 Å². The molecule has 2 amide bonds. The molecule has 3 aromatic carbocycles. The van der Waals surface area contributed by atoms with E-state index < -0.39 is 35.1 Å². The average Bonchev–Trinajstić information content (AvgIpc) is 3.67. The molecule has 55 heavy (non-hydrogen) atoms. The Bertz CT molecular complexity index is 2360. The minimum Gasteiger partial charge on any atom is -0.493 e. The Hall–Kier alpha value is -6.16. The fourth-order valence-corrected chi connectivity index (χ4v) is 6.93. The van der Waals surface area contributed by atoms with Crippen LogP contribution < -0.4 is 26.0 Å². The Morgan fingerprint density at radius 3 is 2.53 bits per heavy atom. The van der Waals surface area contributed by atoms with Gasteiger partial charge in [0, 0.05) is 41.3 Å². The summed E-state index contributed by atoms with van der Waals surface area (Å²) in [5.74, 6) is -1.44. The number of nitrogen functional groups attached to an aromatic ring is 1. The largest absolute Gasteiger partial charge is 0.493 e. The van der Waals surface area contributed by atoms with E-state index >= 15 is 4.39 Å². The summed E-state index contributed by atoms with van der Waals surface area (Å²) >= 11 is 0. The molecule has 2 unspecified atom stereocenters. The van der Waals surface area contributed by atoms with Gasteiger partial charge in [-0.2, -0.15) is 0 Å². The van der Waals surface area contributed by atoms with Crippen LogP contribution in [0.15, 0.2) is 83.9 Å². The van der Waals surface area contributed by atoms with Gasteiger partial charge in [-0.3, -0.25) is 14.4 Å². The Labute approximate surface area is 313 Å². The third kappa shape index (κ3) is 7.00. The van der Waals surface area contributed by atoms with Gasteiger partial charge >= 0.3 is 0 Å². The zero-order chi connectivity index (χ0) is 38.2. The Kier molecular flexibility index (Phi) is 9.73. The number of rotatable bonds is 9. The number of amides is 2. The van der Waals surface area contributed by atoms with Crippen molar-refractivity contribution in [2.24, 2.45) is 0 Å². The second-order valence-electron chi connectivity index (χ2n) is 13.1. The third-order valence-corrected chi connectivity index (χ3v) is 9.71. The number of carbonyl (C=O) groups is 2. The van der Waals surface area contributed by atoms with Gasteiger partial charge in [-0.05, 0) is 59.7 Å². The lowest BCUT2D eigenvalue weighted by atomic mass is 9.98. The summed E-state index contributed by atoms with van der Waals surface area (Å²) in [4.78, 5) is 47.0. The number of nitrogens with one attached hydrogen (secondary N) is 1. The smallest absolute Gasteiger partial charge is 0.273 e. The molecule has 8 rings (SSSR count). The van der Waals surface area contributed by atoms with Crippen LogP contribution in [0.2, 0.25) is 0 Å². The lowest BCUT2D eigenvalue weighted by molar-refractivity contribution is -0.101. The molecule has 2 aromatic heterocycles. The second kappa shape index (κ2) is 14.9. The highest BCUT2D eigenvalue weighted by atomic mass is 19.1. The van der Waals surface area contributed by atoms with E-state index in [0.717, 1.165) is 6.07 Å². The first kappa shape index (κ1) is 35.8. The van der Waals surface area contributed by atoms with Gasteiger partial charge < -0.3 is 44.2 Å². The van der Waals surface area contributed by atoms with Gasteiger partial charge in [-0.15, -0.1) is 0 Å². The number of pyridine rings is 2. The number of anilines is 2. The molecule has 2 atom stereocenters. The molecule has 3 aliphatic rings. The number of halogens is 2. The summed E-state index contributed by atoms with van der Waals surface area (Å²) in [6.45, 7) is 2.63. The predicted molar refractivity (Wildman–Crippen MR) is 197 cm³/mol. The minimum atomic E-state index is -0.831. The molecule has 0 bridgehead atoms. The Morgan fingerprint density at radius 1 is 0.945 bits per heavy atom. The van der Waals surface area contributed by atoms with E-state index in [1.807, 2.05) is 6.07 Å². The molecule has 0 spiro atoms.